The van der Waals surface area contributed by atoms with Crippen LogP contribution in [0.2, 0.25) is 0 Å². The third-order valence-electron chi connectivity index (χ3n) is 4.24. The summed E-state index contributed by atoms with van der Waals surface area (Å²) in [7, 11) is 0. The summed E-state index contributed by atoms with van der Waals surface area (Å²) < 4.78 is 39.1. The van der Waals surface area contributed by atoms with E-state index in [1.54, 1.807) is 6.07 Å². The maximum Gasteiger partial charge on any atom is 0.418 e. The van der Waals surface area contributed by atoms with E-state index >= 15 is 0 Å². The van der Waals surface area contributed by atoms with Gasteiger partial charge in [0.25, 0.3) is 5.91 Å². The van der Waals surface area contributed by atoms with Crippen LogP contribution in [0.3, 0.4) is 0 Å². The smallest absolute Gasteiger partial charge is 0.356 e. The lowest BCUT2D eigenvalue weighted by atomic mass is 10.1. The molecule has 0 spiro atoms. The van der Waals surface area contributed by atoms with Crippen molar-refractivity contribution in [2.24, 2.45) is 5.92 Å². The fraction of sp³-hybridized carbons (Fsp3) is 0.333. The zero-order valence-electron chi connectivity index (χ0n) is 13.7. The van der Waals surface area contributed by atoms with Crippen LogP contribution in [-0.4, -0.2) is 24.0 Å². The summed E-state index contributed by atoms with van der Waals surface area (Å²) in [5.74, 6) is 0.631. The van der Waals surface area contributed by atoms with Crippen molar-refractivity contribution in [3.05, 3.63) is 53.7 Å². The number of carbonyl (C=O) groups excluding carboxylic acids is 1. The Kier molecular flexibility index (Phi) is 4.65. The van der Waals surface area contributed by atoms with E-state index in [0.717, 1.165) is 25.6 Å². The first-order valence-corrected chi connectivity index (χ1v) is 8.03. The second-order valence-corrected chi connectivity index (χ2v) is 6.24. The molecule has 132 valence electrons. The molecule has 25 heavy (non-hydrogen) atoms. The van der Waals surface area contributed by atoms with E-state index in [1.165, 1.54) is 30.5 Å². The summed E-state index contributed by atoms with van der Waals surface area (Å²) in [5, 5.41) is 2.35. The number of carbonyl (C=O) groups is 1. The summed E-state index contributed by atoms with van der Waals surface area (Å²) in [6.45, 7) is 3.86. The Bertz CT molecular complexity index is 776. The van der Waals surface area contributed by atoms with Crippen molar-refractivity contribution in [3.63, 3.8) is 0 Å². The van der Waals surface area contributed by atoms with Crippen LogP contribution in [0.4, 0.5) is 24.7 Å². The van der Waals surface area contributed by atoms with Crippen LogP contribution in [0.25, 0.3) is 0 Å². The van der Waals surface area contributed by atoms with Gasteiger partial charge in [-0.15, -0.1) is 0 Å². The molecule has 1 saturated heterocycles. The van der Waals surface area contributed by atoms with Crippen molar-refractivity contribution in [2.75, 3.05) is 23.3 Å². The van der Waals surface area contributed by atoms with E-state index in [4.69, 9.17) is 0 Å². The topological polar surface area (TPSA) is 45.2 Å². The van der Waals surface area contributed by atoms with E-state index in [-0.39, 0.29) is 11.3 Å². The van der Waals surface area contributed by atoms with E-state index < -0.39 is 17.6 Å². The molecular weight excluding hydrogens is 331 g/mol. The highest BCUT2D eigenvalue weighted by atomic mass is 19.4. The number of benzene rings is 1. The number of para-hydroxylation sites is 1. The molecule has 0 saturated carbocycles. The molecule has 1 atom stereocenters. The number of nitrogens with zero attached hydrogens (tertiary/aromatic N) is 2. The number of hydrogen-bond acceptors (Lipinski definition) is 3. The Morgan fingerprint density at radius 3 is 2.72 bits per heavy atom. The van der Waals surface area contributed by atoms with Crippen molar-refractivity contribution in [1.82, 2.24) is 4.98 Å². The number of pyridine rings is 1. The number of aromatic nitrogens is 1. The molecule has 3 rings (SSSR count). The van der Waals surface area contributed by atoms with E-state index in [0.29, 0.717) is 11.7 Å². The molecule has 1 aliphatic rings. The normalized spacial score (nSPS) is 17.6. The Hall–Kier alpha value is -2.57. The van der Waals surface area contributed by atoms with Crippen LogP contribution >= 0.6 is 0 Å². The van der Waals surface area contributed by atoms with Crippen LogP contribution in [0.15, 0.2) is 42.6 Å². The molecule has 7 heteroatoms. The average Bonchev–Trinajstić information content (AvgIpc) is 3.01. The SMILES string of the molecule is C[C@@H]1CCN(c2cc(C(=O)Nc3ccccc3C(F)(F)F)ccn2)C1. The Balaban J connectivity index is 1.81. The second-order valence-electron chi connectivity index (χ2n) is 6.24. The molecule has 0 aliphatic carbocycles. The second kappa shape index (κ2) is 6.74. The third-order valence-corrected chi connectivity index (χ3v) is 4.24. The largest absolute Gasteiger partial charge is 0.418 e. The predicted molar refractivity (Wildman–Crippen MR) is 89.6 cm³/mol. The van der Waals surface area contributed by atoms with Gasteiger partial charge in [0, 0.05) is 24.8 Å². The summed E-state index contributed by atoms with van der Waals surface area (Å²) in [6, 6.07) is 8.04. The average molecular weight is 349 g/mol. The van der Waals surface area contributed by atoms with Gasteiger partial charge in [-0.3, -0.25) is 4.79 Å². The Morgan fingerprint density at radius 2 is 2.04 bits per heavy atom. The van der Waals surface area contributed by atoms with Crippen molar-refractivity contribution in [1.29, 1.82) is 0 Å². The van der Waals surface area contributed by atoms with Crippen LogP contribution in [0.1, 0.15) is 29.3 Å². The minimum atomic E-state index is -4.53. The zero-order chi connectivity index (χ0) is 18.0. The fourth-order valence-corrected chi connectivity index (χ4v) is 2.91. The number of anilines is 2. The summed E-state index contributed by atoms with van der Waals surface area (Å²) in [6.07, 6.45) is -1.97. The highest BCUT2D eigenvalue weighted by molar-refractivity contribution is 6.05. The monoisotopic (exact) mass is 349 g/mol. The minimum absolute atomic E-state index is 0.256. The van der Waals surface area contributed by atoms with Gasteiger partial charge >= 0.3 is 6.18 Å². The molecular formula is C18H18F3N3O. The fourth-order valence-electron chi connectivity index (χ4n) is 2.91. The molecule has 0 unspecified atom stereocenters. The quantitative estimate of drug-likeness (QED) is 0.903. The van der Waals surface area contributed by atoms with Crippen LogP contribution in [0.5, 0.6) is 0 Å². The molecule has 1 aromatic heterocycles. The summed E-state index contributed by atoms with van der Waals surface area (Å²) in [5.41, 5.74) is -0.847. The van der Waals surface area contributed by atoms with Gasteiger partial charge in [-0.1, -0.05) is 19.1 Å². The number of amides is 1. The van der Waals surface area contributed by atoms with Gasteiger partial charge in [-0.2, -0.15) is 13.2 Å². The molecule has 2 heterocycles. The van der Waals surface area contributed by atoms with Gasteiger partial charge in [0.15, 0.2) is 0 Å². The highest BCUT2D eigenvalue weighted by Crippen LogP contribution is 2.34. The molecule has 1 aliphatic heterocycles. The third kappa shape index (κ3) is 3.92. The van der Waals surface area contributed by atoms with Gasteiger partial charge in [-0.25, -0.2) is 4.98 Å². The van der Waals surface area contributed by atoms with Crippen molar-refractivity contribution in [3.8, 4) is 0 Å². The Morgan fingerprint density at radius 1 is 1.28 bits per heavy atom. The van der Waals surface area contributed by atoms with Gasteiger partial charge in [0.1, 0.15) is 5.82 Å². The number of rotatable bonds is 3. The summed E-state index contributed by atoms with van der Waals surface area (Å²) >= 11 is 0. The van der Waals surface area contributed by atoms with E-state index in [2.05, 4.69) is 22.1 Å². The van der Waals surface area contributed by atoms with Crippen LogP contribution < -0.4 is 10.2 Å². The lowest BCUT2D eigenvalue weighted by Gasteiger charge is -2.18. The van der Waals surface area contributed by atoms with Crippen LogP contribution in [0, 0.1) is 5.92 Å². The first-order chi connectivity index (χ1) is 11.8. The Labute approximate surface area is 143 Å². The molecule has 4 nitrogen and oxygen atoms in total. The van der Waals surface area contributed by atoms with E-state index in [9.17, 15) is 18.0 Å². The lowest BCUT2D eigenvalue weighted by molar-refractivity contribution is -0.136. The van der Waals surface area contributed by atoms with Gasteiger partial charge in [-0.05, 0) is 36.6 Å². The van der Waals surface area contributed by atoms with Crippen molar-refractivity contribution in [2.45, 2.75) is 19.5 Å². The first kappa shape index (κ1) is 17.3. The maximum atomic E-state index is 13.0. The van der Waals surface area contributed by atoms with Crippen molar-refractivity contribution < 1.29 is 18.0 Å². The standard InChI is InChI=1S/C18H18F3N3O/c1-12-7-9-24(11-12)16-10-13(6-8-22-16)17(25)23-15-5-3-2-4-14(15)18(19,20)21/h2-6,8,10,12H,7,9,11H2,1H3,(H,23,25)/t12-/m1/s1. The van der Waals surface area contributed by atoms with Crippen LogP contribution in [-0.2, 0) is 6.18 Å². The lowest BCUT2D eigenvalue weighted by Crippen LogP contribution is -2.21. The zero-order valence-corrected chi connectivity index (χ0v) is 13.7. The highest BCUT2D eigenvalue weighted by Gasteiger charge is 2.33. The molecule has 1 fully saturated rings. The number of nitrogens with one attached hydrogen (secondary N) is 1. The molecule has 2 aromatic rings. The first-order valence-electron chi connectivity index (χ1n) is 8.03. The number of hydrogen-bond donors (Lipinski definition) is 1. The number of halogens is 3. The summed E-state index contributed by atoms with van der Waals surface area (Å²) in [4.78, 5) is 18.7. The number of alkyl halides is 3. The molecule has 1 N–H and O–H groups in total. The molecule has 0 radical (unpaired) electrons. The predicted octanol–water partition coefficient (Wildman–Crippen LogP) is 4.20. The molecule has 0 bridgehead atoms. The van der Waals surface area contributed by atoms with E-state index in [1.807, 2.05) is 0 Å². The van der Waals surface area contributed by atoms with Gasteiger partial charge in [0.05, 0.1) is 11.3 Å². The molecule has 1 aromatic carbocycles. The van der Waals surface area contributed by atoms with Crippen molar-refractivity contribution >= 4 is 17.4 Å². The molecule has 1 amide bonds. The van der Waals surface area contributed by atoms with Gasteiger partial charge in [0.2, 0.25) is 0 Å². The maximum absolute atomic E-state index is 13.0. The van der Waals surface area contributed by atoms with Gasteiger partial charge < -0.3 is 10.2 Å². The minimum Gasteiger partial charge on any atom is -0.356 e.